The molecule has 0 aliphatic carbocycles. The van der Waals surface area contributed by atoms with Gasteiger partial charge in [0.1, 0.15) is 5.69 Å². The number of benzene rings is 1. The van der Waals surface area contributed by atoms with Gasteiger partial charge in [0.15, 0.2) is 17.0 Å². The fourth-order valence-corrected chi connectivity index (χ4v) is 4.26. The van der Waals surface area contributed by atoms with E-state index in [4.69, 9.17) is 19.8 Å². The molecule has 1 aliphatic heterocycles. The molecular formula is C26H24N8O2. The molecule has 4 aromatic heterocycles. The number of rotatable bonds is 6. The zero-order valence-corrected chi connectivity index (χ0v) is 19.8. The Morgan fingerprint density at radius 1 is 1.03 bits per heavy atom. The number of fused-ring (bicyclic) bond motifs is 1. The fourth-order valence-electron chi connectivity index (χ4n) is 4.26. The number of ketones is 1. The third-order valence-electron chi connectivity index (χ3n) is 6.11. The minimum atomic E-state index is -0.121. The highest BCUT2D eigenvalue weighted by atomic mass is 16.5. The lowest BCUT2D eigenvalue weighted by molar-refractivity contribution is 0.0968. The van der Waals surface area contributed by atoms with E-state index in [0.717, 1.165) is 16.8 Å². The first kappa shape index (κ1) is 22.1. The van der Waals surface area contributed by atoms with Crippen LogP contribution in [0, 0.1) is 6.92 Å². The van der Waals surface area contributed by atoms with Crippen molar-refractivity contribution in [3.8, 4) is 17.1 Å². The second-order valence-electron chi connectivity index (χ2n) is 8.64. The van der Waals surface area contributed by atoms with Gasteiger partial charge in [-0.3, -0.25) is 9.78 Å². The Bertz CT molecular complexity index is 1540. The van der Waals surface area contributed by atoms with Crippen molar-refractivity contribution in [2.24, 2.45) is 0 Å². The van der Waals surface area contributed by atoms with E-state index in [-0.39, 0.29) is 12.3 Å². The van der Waals surface area contributed by atoms with Crippen LogP contribution in [-0.4, -0.2) is 66.4 Å². The Labute approximate surface area is 207 Å². The van der Waals surface area contributed by atoms with Gasteiger partial charge in [0.05, 0.1) is 31.8 Å². The molecule has 0 saturated carbocycles. The second-order valence-corrected chi connectivity index (χ2v) is 8.64. The highest BCUT2D eigenvalue weighted by Gasteiger charge is 2.22. The molecule has 1 saturated heterocycles. The van der Waals surface area contributed by atoms with Crippen LogP contribution in [0.3, 0.4) is 0 Å². The first-order chi connectivity index (χ1) is 17.7. The molecule has 5 aromatic rings. The number of aryl methyl sites for hydroxylation is 1. The van der Waals surface area contributed by atoms with Crippen molar-refractivity contribution in [3.05, 3.63) is 78.5 Å². The number of ether oxygens (including phenoxy) is 1. The summed E-state index contributed by atoms with van der Waals surface area (Å²) < 4.78 is 8.98. The minimum absolute atomic E-state index is 0.0696. The Kier molecular flexibility index (Phi) is 5.70. The van der Waals surface area contributed by atoms with Gasteiger partial charge < -0.3 is 14.2 Å². The average molecular weight is 481 g/mol. The van der Waals surface area contributed by atoms with E-state index in [1.807, 2.05) is 24.4 Å². The number of morpholine rings is 1. The third kappa shape index (κ3) is 4.22. The minimum Gasteiger partial charge on any atom is -0.378 e. The molecule has 0 bridgehead atoms. The summed E-state index contributed by atoms with van der Waals surface area (Å²) >= 11 is 0. The number of Topliss-reactive ketones (excluding diaryl/α,β-unsaturated/α-hetero) is 1. The lowest BCUT2D eigenvalue weighted by atomic mass is 10.1. The molecule has 1 aromatic carbocycles. The Morgan fingerprint density at radius 2 is 1.92 bits per heavy atom. The van der Waals surface area contributed by atoms with Gasteiger partial charge in [0, 0.05) is 31.0 Å². The van der Waals surface area contributed by atoms with Crippen LogP contribution in [-0.2, 0) is 11.3 Å². The zero-order chi connectivity index (χ0) is 24.5. The molecule has 0 amide bonds. The third-order valence-corrected chi connectivity index (χ3v) is 6.11. The van der Waals surface area contributed by atoms with Gasteiger partial charge in [-0.1, -0.05) is 29.8 Å². The Hall–Kier alpha value is -4.44. The summed E-state index contributed by atoms with van der Waals surface area (Å²) in [6, 6.07) is 15.5. The van der Waals surface area contributed by atoms with E-state index < -0.39 is 0 Å². The predicted molar refractivity (Wildman–Crippen MR) is 134 cm³/mol. The van der Waals surface area contributed by atoms with Gasteiger partial charge in [-0.15, -0.1) is 0 Å². The molecule has 10 heteroatoms. The van der Waals surface area contributed by atoms with E-state index in [2.05, 4.69) is 33.9 Å². The molecule has 180 valence electrons. The number of carbonyl (C=O) groups is 1. The summed E-state index contributed by atoms with van der Waals surface area (Å²) in [4.78, 5) is 33.4. The molecule has 6 rings (SSSR count). The number of imidazole rings is 1. The topological polar surface area (TPSA) is 104 Å². The molecular weight excluding hydrogens is 456 g/mol. The van der Waals surface area contributed by atoms with Crippen molar-refractivity contribution in [1.29, 1.82) is 0 Å². The predicted octanol–water partition coefficient (Wildman–Crippen LogP) is 3.10. The van der Waals surface area contributed by atoms with E-state index in [1.165, 1.54) is 0 Å². The lowest BCUT2D eigenvalue weighted by Crippen LogP contribution is -2.37. The number of hydrogen-bond donors (Lipinski definition) is 0. The Morgan fingerprint density at radius 3 is 2.72 bits per heavy atom. The number of pyridine rings is 1. The standard InChI is InChI=1S/C26H24N8O2/c1-18-5-4-6-19(15-18)20-8-10-34(31-20)25-23-24(29-26(30-25)32-11-13-36-14-12-32)33(17-28-23)16-22(35)21-7-2-3-9-27-21/h2-10,15,17H,11-14,16H2,1H3. The maximum absolute atomic E-state index is 12.9. The summed E-state index contributed by atoms with van der Waals surface area (Å²) in [7, 11) is 0. The van der Waals surface area contributed by atoms with E-state index in [9.17, 15) is 4.79 Å². The number of hydrogen-bond acceptors (Lipinski definition) is 8. The molecule has 1 aliphatic rings. The maximum Gasteiger partial charge on any atom is 0.229 e. The smallest absolute Gasteiger partial charge is 0.229 e. The molecule has 36 heavy (non-hydrogen) atoms. The van der Waals surface area contributed by atoms with E-state index in [1.54, 1.807) is 40.0 Å². The summed E-state index contributed by atoms with van der Waals surface area (Å²) in [5.41, 5.74) is 4.56. The molecule has 0 unspecified atom stereocenters. The number of anilines is 1. The monoisotopic (exact) mass is 480 g/mol. The van der Waals surface area contributed by atoms with Crippen molar-refractivity contribution < 1.29 is 9.53 Å². The summed E-state index contributed by atoms with van der Waals surface area (Å²) in [6.07, 6.45) is 5.11. The van der Waals surface area contributed by atoms with Crippen LogP contribution in [0.5, 0.6) is 0 Å². The summed E-state index contributed by atoms with van der Waals surface area (Å²) in [5.74, 6) is 0.994. The van der Waals surface area contributed by atoms with E-state index >= 15 is 0 Å². The normalized spacial score (nSPS) is 13.9. The summed E-state index contributed by atoms with van der Waals surface area (Å²) in [5, 5.41) is 4.80. The number of nitrogens with zero attached hydrogens (tertiary/aromatic N) is 8. The maximum atomic E-state index is 12.9. The van der Waals surface area contributed by atoms with Crippen molar-refractivity contribution in [1.82, 2.24) is 34.3 Å². The molecule has 5 heterocycles. The molecule has 1 fully saturated rings. The van der Waals surface area contributed by atoms with Gasteiger partial charge in [0.25, 0.3) is 0 Å². The van der Waals surface area contributed by atoms with Gasteiger partial charge in [-0.05, 0) is 31.2 Å². The van der Waals surface area contributed by atoms with Gasteiger partial charge in [-0.25, -0.2) is 9.67 Å². The molecule has 10 nitrogen and oxygen atoms in total. The van der Waals surface area contributed by atoms with Crippen LogP contribution in [0.15, 0.2) is 67.3 Å². The van der Waals surface area contributed by atoms with Crippen LogP contribution in [0.4, 0.5) is 5.95 Å². The first-order valence-corrected chi connectivity index (χ1v) is 11.8. The van der Waals surface area contributed by atoms with Crippen LogP contribution in [0.25, 0.3) is 28.2 Å². The molecule has 0 atom stereocenters. The number of aromatic nitrogens is 7. The summed E-state index contributed by atoms with van der Waals surface area (Å²) in [6.45, 7) is 4.70. The van der Waals surface area contributed by atoms with Crippen LogP contribution in [0.1, 0.15) is 16.1 Å². The van der Waals surface area contributed by atoms with Crippen molar-refractivity contribution in [2.75, 3.05) is 31.2 Å². The van der Waals surface area contributed by atoms with Crippen molar-refractivity contribution >= 4 is 22.9 Å². The highest BCUT2D eigenvalue weighted by Crippen LogP contribution is 2.25. The van der Waals surface area contributed by atoms with Crippen molar-refractivity contribution in [2.45, 2.75) is 13.5 Å². The zero-order valence-electron chi connectivity index (χ0n) is 19.8. The quantitative estimate of drug-likeness (QED) is 0.342. The van der Waals surface area contributed by atoms with Gasteiger partial charge in [0.2, 0.25) is 11.7 Å². The van der Waals surface area contributed by atoms with Gasteiger partial charge in [-0.2, -0.15) is 15.1 Å². The first-order valence-electron chi connectivity index (χ1n) is 11.8. The van der Waals surface area contributed by atoms with Crippen LogP contribution in [0.2, 0.25) is 0 Å². The highest BCUT2D eigenvalue weighted by molar-refractivity contribution is 5.95. The van der Waals surface area contributed by atoms with Crippen molar-refractivity contribution in [3.63, 3.8) is 0 Å². The van der Waals surface area contributed by atoms with Gasteiger partial charge >= 0.3 is 0 Å². The largest absolute Gasteiger partial charge is 0.378 e. The van der Waals surface area contributed by atoms with Crippen LogP contribution < -0.4 is 4.90 Å². The molecule has 0 N–H and O–H groups in total. The lowest BCUT2D eigenvalue weighted by Gasteiger charge is -2.27. The fraction of sp³-hybridized carbons (Fsp3) is 0.231. The van der Waals surface area contributed by atoms with Crippen LogP contribution >= 0.6 is 0 Å². The SMILES string of the molecule is Cc1cccc(-c2ccn(-c3nc(N4CCOCC4)nc4c3ncn4CC(=O)c3ccccn3)n2)c1. The molecule has 0 radical (unpaired) electrons. The number of carbonyl (C=O) groups excluding carboxylic acids is 1. The average Bonchev–Trinajstić information content (AvgIpc) is 3.57. The Balaban J connectivity index is 1.43. The second kappa shape index (κ2) is 9.31. The van der Waals surface area contributed by atoms with E-state index in [0.29, 0.717) is 54.9 Å². The molecule has 0 spiro atoms.